The number of halogens is 1. The lowest BCUT2D eigenvalue weighted by Crippen LogP contribution is -2.36. The highest BCUT2D eigenvalue weighted by Gasteiger charge is 2.21. The monoisotopic (exact) mass is 277 g/mol. The van der Waals surface area contributed by atoms with Gasteiger partial charge in [0, 0.05) is 18.5 Å². The lowest BCUT2D eigenvalue weighted by molar-refractivity contribution is -0.124. The molecule has 0 radical (unpaired) electrons. The van der Waals surface area contributed by atoms with Gasteiger partial charge in [-0.2, -0.15) is 8.42 Å². The number of carbonyl (C=O) groups is 1. The van der Waals surface area contributed by atoms with Crippen molar-refractivity contribution in [2.75, 3.05) is 6.54 Å². The van der Waals surface area contributed by atoms with Gasteiger partial charge in [-0.05, 0) is 24.1 Å². The molecule has 0 bridgehead atoms. The molecule has 94 valence electrons. The number of hydrogen-bond donors (Lipinski definition) is 1. The molecular formula is C10H12ClNO4S. The van der Waals surface area contributed by atoms with Crippen LogP contribution in [0.4, 0.5) is 0 Å². The standard InChI is InChI=1S/C10H12ClNO4S/c1-8(13)12(17(14,15)16)7-6-9-2-4-10(11)5-3-9/h2-5H,6-7H2,1H3,(H,14,15,16). The summed E-state index contributed by atoms with van der Waals surface area (Å²) in [6.45, 7) is 0.978. The molecule has 1 rings (SSSR count). The molecule has 0 saturated carbocycles. The summed E-state index contributed by atoms with van der Waals surface area (Å²) in [4.78, 5) is 11.0. The Morgan fingerprint density at radius 3 is 2.29 bits per heavy atom. The van der Waals surface area contributed by atoms with E-state index in [1.54, 1.807) is 24.3 Å². The van der Waals surface area contributed by atoms with Crippen molar-refractivity contribution in [3.8, 4) is 0 Å². The SMILES string of the molecule is CC(=O)N(CCc1ccc(Cl)cc1)S(=O)(=O)O. The van der Waals surface area contributed by atoms with Crippen LogP contribution in [0.1, 0.15) is 12.5 Å². The Morgan fingerprint density at radius 1 is 1.35 bits per heavy atom. The summed E-state index contributed by atoms with van der Waals surface area (Å²) in [6, 6.07) is 6.79. The van der Waals surface area contributed by atoms with E-state index in [1.165, 1.54) is 0 Å². The van der Waals surface area contributed by atoms with E-state index in [1.807, 2.05) is 0 Å². The third-order valence-corrected chi connectivity index (χ3v) is 3.40. The molecular weight excluding hydrogens is 266 g/mol. The average molecular weight is 278 g/mol. The van der Waals surface area contributed by atoms with E-state index in [4.69, 9.17) is 16.2 Å². The quantitative estimate of drug-likeness (QED) is 0.847. The number of benzene rings is 1. The van der Waals surface area contributed by atoms with E-state index in [2.05, 4.69) is 0 Å². The smallest absolute Gasteiger partial charge is 0.274 e. The maximum Gasteiger partial charge on any atom is 0.362 e. The highest BCUT2D eigenvalue weighted by molar-refractivity contribution is 7.84. The Bertz CT molecular complexity index is 498. The van der Waals surface area contributed by atoms with Crippen molar-refractivity contribution in [2.45, 2.75) is 13.3 Å². The minimum atomic E-state index is -4.48. The Balaban J connectivity index is 2.71. The summed E-state index contributed by atoms with van der Waals surface area (Å²) in [6.07, 6.45) is 0.316. The molecule has 0 aliphatic carbocycles. The first-order chi connectivity index (χ1) is 7.80. The van der Waals surface area contributed by atoms with Gasteiger partial charge in [-0.15, -0.1) is 0 Å². The van der Waals surface area contributed by atoms with Crippen molar-refractivity contribution in [3.05, 3.63) is 34.9 Å². The molecule has 0 aliphatic rings. The van der Waals surface area contributed by atoms with Crippen LogP contribution in [0.25, 0.3) is 0 Å². The Hall–Kier alpha value is -1.11. The van der Waals surface area contributed by atoms with Crippen LogP contribution < -0.4 is 0 Å². The molecule has 0 unspecified atom stereocenters. The van der Waals surface area contributed by atoms with Crippen LogP contribution in [0, 0.1) is 0 Å². The van der Waals surface area contributed by atoms with Gasteiger partial charge in [0.05, 0.1) is 0 Å². The van der Waals surface area contributed by atoms with Crippen molar-refractivity contribution in [3.63, 3.8) is 0 Å². The summed E-state index contributed by atoms with van der Waals surface area (Å²) in [5.41, 5.74) is 0.823. The zero-order valence-electron chi connectivity index (χ0n) is 9.13. The third kappa shape index (κ3) is 4.33. The number of carbonyl (C=O) groups excluding carboxylic acids is 1. The molecule has 1 aromatic rings. The van der Waals surface area contributed by atoms with Gasteiger partial charge in [-0.1, -0.05) is 23.7 Å². The van der Waals surface area contributed by atoms with Gasteiger partial charge in [-0.25, -0.2) is 4.31 Å². The lowest BCUT2D eigenvalue weighted by atomic mass is 10.1. The van der Waals surface area contributed by atoms with Crippen molar-refractivity contribution in [1.82, 2.24) is 4.31 Å². The summed E-state index contributed by atoms with van der Waals surface area (Å²) in [5, 5.41) is 0.576. The van der Waals surface area contributed by atoms with E-state index in [-0.39, 0.29) is 6.54 Å². The second kappa shape index (κ2) is 5.48. The van der Waals surface area contributed by atoms with Gasteiger partial charge in [0.1, 0.15) is 0 Å². The first-order valence-electron chi connectivity index (χ1n) is 4.81. The Morgan fingerprint density at radius 2 is 1.88 bits per heavy atom. The predicted molar refractivity (Wildman–Crippen MR) is 64.1 cm³/mol. The Labute approximate surface area is 105 Å². The first-order valence-corrected chi connectivity index (χ1v) is 6.58. The molecule has 5 nitrogen and oxygen atoms in total. The van der Waals surface area contributed by atoms with Crippen LogP contribution in [0.2, 0.25) is 5.02 Å². The highest BCUT2D eigenvalue weighted by Crippen LogP contribution is 2.11. The lowest BCUT2D eigenvalue weighted by Gasteiger charge is -2.16. The fourth-order valence-corrected chi connectivity index (χ4v) is 2.09. The first kappa shape index (κ1) is 14.0. The molecule has 0 fully saturated rings. The largest absolute Gasteiger partial charge is 0.362 e. The molecule has 0 atom stereocenters. The predicted octanol–water partition coefficient (Wildman–Crippen LogP) is 1.53. The number of hydrogen-bond acceptors (Lipinski definition) is 3. The van der Waals surface area contributed by atoms with Crippen LogP contribution in [0.5, 0.6) is 0 Å². The minimum absolute atomic E-state index is 0.101. The number of amides is 1. The fourth-order valence-electron chi connectivity index (χ4n) is 1.32. The number of rotatable bonds is 4. The van der Waals surface area contributed by atoms with Gasteiger partial charge < -0.3 is 0 Å². The fraction of sp³-hybridized carbons (Fsp3) is 0.300. The van der Waals surface area contributed by atoms with Crippen molar-refractivity contribution < 1.29 is 17.8 Å². The van der Waals surface area contributed by atoms with Gasteiger partial charge in [0.2, 0.25) is 5.91 Å². The maximum atomic E-state index is 11.0. The molecule has 7 heteroatoms. The van der Waals surface area contributed by atoms with Gasteiger partial charge in [-0.3, -0.25) is 9.35 Å². The number of nitrogens with zero attached hydrogens (tertiary/aromatic N) is 1. The molecule has 0 aromatic heterocycles. The van der Waals surface area contributed by atoms with E-state index in [0.29, 0.717) is 15.7 Å². The topological polar surface area (TPSA) is 74.7 Å². The molecule has 0 aliphatic heterocycles. The molecule has 1 N–H and O–H groups in total. The average Bonchev–Trinajstić information content (AvgIpc) is 2.18. The third-order valence-electron chi connectivity index (χ3n) is 2.15. The van der Waals surface area contributed by atoms with Gasteiger partial charge in [0.15, 0.2) is 0 Å². The summed E-state index contributed by atoms with van der Waals surface area (Å²) in [7, 11) is -4.48. The van der Waals surface area contributed by atoms with Crippen LogP contribution in [0.3, 0.4) is 0 Å². The van der Waals surface area contributed by atoms with Crippen LogP contribution >= 0.6 is 11.6 Å². The van der Waals surface area contributed by atoms with Gasteiger partial charge in [0.25, 0.3) is 0 Å². The zero-order valence-corrected chi connectivity index (χ0v) is 10.7. The second-order valence-electron chi connectivity index (χ2n) is 3.45. The molecule has 0 heterocycles. The Kier molecular flexibility index (Phi) is 4.50. The normalized spacial score (nSPS) is 11.2. The molecule has 17 heavy (non-hydrogen) atoms. The van der Waals surface area contributed by atoms with Crippen molar-refractivity contribution >= 4 is 27.8 Å². The van der Waals surface area contributed by atoms with Crippen molar-refractivity contribution in [2.24, 2.45) is 0 Å². The van der Waals surface area contributed by atoms with E-state index < -0.39 is 16.2 Å². The molecule has 0 saturated heterocycles. The maximum absolute atomic E-state index is 11.0. The highest BCUT2D eigenvalue weighted by atomic mass is 35.5. The molecule has 1 amide bonds. The van der Waals surface area contributed by atoms with Crippen LogP contribution in [0.15, 0.2) is 24.3 Å². The van der Waals surface area contributed by atoms with Crippen molar-refractivity contribution in [1.29, 1.82) is 0 Å². The molecule has 0 spiro atoms. The van der Waals surface area contributed by atoms with Gasteiger partial charge >= 0.3 is 10.3 Å². The van der Waals surface area contributed by atoms with E-state index >= 15 is 0 Å². The summed E-state index contributed by atoms with van der Waals surface area (Å²) < 4.78 is 31.0. The molecule has 1 aromatic carbocycles. The van der Waals surface area contributed by atoms with E-state index in [9.17, 15) is 13.2 Å². The van der Waals surface area contributed by atoms with Crippen LogP contribution in [-0.2, 0) is 21.5 Å². The second-order valence-corrected chi connectivity index (χ2v) is 5.22. The zero-order chi connectivity index (χ0) is 13.1. The van der Waals surface area contributed by atoms with Crippen LogP contribution in [-0.4, -0.2) is 29.7 Å². The summed E-state index contributed by atoms with van der Waals surface area (Å²) in [5.74, 6) is -0.721. The summed E-state index contributed by atoms with van der Waals surface area (Å²) >= 11 is 5.70. The van der Waals surface area contributed by atoms with E-state index in [0.717, 1.165) is 12.5 Å². The minimum Gasteiger partial charge on any atom is -0.274 e.